The van der Waals surface area contributed by atoms with E-state index in [1.807, 2.05) is 133 Å². The maximum Gasteiger partial charge on any atom is 0.180 e. The Morgan fingerprint density at radius 1 is 0.163 bits per heavy atom. The van der Waals surface area contributed by atoms with Crippen LogP contribution < -0.4 is 0 Å². The molecule has 12 aromatic heterocycles. The van der Waals surface area contributed by atoms with E-state index in [4.69, 9.17) is 47.6 Å². The van der Waals surface area contributed by atoms with Gasteiger partial charge in [-0.2, -0.15) is 0 Å². The summed E-state index contributed by atoms with van der Waals surface area (Å²) in [6.45, 7) is 0. The number of furan rings is 4. The maximum atomic E-state index is 6.33. The number of para-hydroxylation sites is 9. The van der Waals surface area contributed by atoms with Gasteiger partial charge in [0, 0.05) is 146 Å². The lowest BCUT2D eigenvalue weighted by molar-refractivity contribution is 0.667. The minimum atomic E-state index is 0.660. The summed E-state index contributed by atoms with van der Waals surface area (Å²) >= 11 is 1.86. The molecule has 0 aliphatic heterocycles. The predicted molar refractivity (Wildman–Crippen MR) is 578 cm³/mol. The fourth-order valence-corrected chi connectivity index (χ4v) is 22.4. The number of fused-ring (bicyclic) bond motifs is 27. The van der Waals surface area contributed by atoms with Gasteiger partial charge in [0.25, 0.3) is 0 Å². The van der Waals surface area contributed by atoms with E-state index < -0.39 is 0 Å². The van der Waals surface area contributed by atoms with Crippen LogP contribution in [0.4, 0.5) is 0 Å². The van der Waals surface area contributed by atoms with Crippen molar-refractivity contribution >= 4 is 207 Å². The molecule has 0 saturated heterocycles. The van der Waals surface area contributed by atoms with Crippen LogP contribution in [-0.2, 0) is 0 Å². The van der Waals surface area contributed by atoms with Gasteiger partial charge >= 0.3 is 0 Å². The van der Waals surface area contributed by atoms with Gasteiger partial charge in [-0.25, -0.2) is 29.9 Å². The molecular weight excluding hydrogens is 1750 g/mol. The first-order valence-electron chi connectivity index (χ1n) is 47.2. The zero-order valence-electron chi connectivity index (χ0n) is 75.2. The normalized spacial score (nSPS) is 12.0. The molecule has 31 aromatic rings. The molecule has 0 aliphatic rings. The number of aromatic nitrogens is 10. The topological polar surface area (TPSA) is 150 Å². The van der Waals surface area contributed by atoms with Gasteiger partial charge in [-0.15, -0.1) is 11.3 Å². The van der Waals surface area contributed by atoms with Crippen molar-refractivity contribution in [3.63, 3.8) is 0 Å². The van der Waals surface area contributed by atoms with Crippen molar-refractivity contribution < 1.29 is 17.7 Å². The Balaban J connectivity index is 0.000000102. The average Bonchev–Trinajstić information content (AvgIpc) is 1.98. The van der Waals surface area contributed by atoms with E-state index in [1.54, 1.807) is 0 Å². The van der Waals surface area contributed by atoms with Crippen molar-refractivity contribution in [1.82, 2.24) is 48.2 Å². The first-order chi connectivity index (χ1) is 69.9. The van der Waals surface area contributed by atoms with Crippen LogP contribution in [0.2, 0.25) is 0 Å². The van der Waals surface area contributed by atoms with Crippen LogP contribution in [-0.4, -0.2) is 48.2 Å². The molecule has 141 heavy (non-hydrogen) atoms. The maximum absolute atomic E-state index is 6.33. The molecule has 0 saturated carbocycles. The minimum Gasteiger partial charge on any atom is -0.456 e. The third-order valence-corrected chi connectivity index (χ3v) is 28.9. The molecule has 0 unspecified atom stereocenters. The zero-order valence-corrected chi connectivity index (χ0v) is 76.1. The average molecular weight is 1820 g/mol. The van der Waals surface area contributed by atoms with E-state index in [0.29, 0.717) is 34.2 Å². The molecule has 0 amide bonds. The van der Waals surface area contributed by atoms with Gasteiger partial charge in [-0.05, 0) is 194 Å². The second-order valence-corrected chi connectivity index (χ2v) is 36.9. The zero-order chi connectivity index (χ0) is 92.4. The monoisotopic (exact) mass is 1820 g/mol. The Hall–Kier alpha value is -19.0. The molecule has 0 bridgehead atoms. The van der Waals surface area contributed by atoms with Crippen molar-refractivity contribution in [1.29, 1.82) is 0 Å². The quantitative estimate of drug-likeness (QED) is 0.129. The number of hydrogen-bond acceptors (Lipinski definition) is 11. The molecule has 0 atom stereocenters. The Kier molecular flexibility index (Phi) is 17.9. The van der Waals surface area contributed by atoms with Crippen molar-refractivity contribution in [3.05, 3.63) is 449 Å². The highest BCUT2D eigenvalue weighted by Crippen LogP contribution is 2.48. The van der Waals surface area contributed by atoms with E-state index in [0.717, 1.165) is 167 Å². The van der Waals surface area contributed by atoms with Crippen LogP contribution in [0.3, 0.4) is 0 Å². The molecule has 31 rings (SSSR count). The largest absolute Gasteiger partial charge is 0.456 e. The van der Waals surface area contributed by atoms with Crippen LogP contribution in [0.15, 0.2) is 467 Å². The van der Waals surface area contributed by atoms with E-state index in [-0.39, 0.29) is 0 Å². The Morgan fingerprint density at radius 3 is 0.816 bits per heavy atom. The fourth-order valence-electron chi connectivity index (χ4n) is 21.3. The summed E-state index contributed by atoms with van der Waals surface area (Å²) in [5.74, 6) is 2.00. The summed E-state index contributed by atoms with van der Waals surface area (Å²) < 4.78 is 37.3. The second-order valence-electron chi connectivity index (χ2n) is 35.8. The molecule has 15 heteroatoms. The first-order valence-corrected chi connectivity index (χ1v) is 48.0. The first kappa shape index (κ1) is 79.4. The third kappa shape index (κ3) is 12.8. The highest BCUT2D eigenvalue weighted by Gasteiger charge is 2.27. The van der Waals surface area contributed by atoms with Crippen LogP contribution in [0.5, 0.6) is 0 Å². The van der Waals surface area contributed by atoms with E-state index in [2.05, 4.69) is 346 Å². The molecule has 19 aromatic carbocycles. The van der Waals surface area contributed by atoms with Crippen LogP contribution in [0, 0.1) is 0 Å². The highest BCUT2D eigenvalue weighted by molar-refractivity contribution is 7.25. The molecule has 14 nitrogen and oxygen atoms in total. The Morgan fingerprint density at radius 2 is 0.440 bits per heavy atom. The predicted octanol–water partition coefficient (Wildman–Crippen LogP) is 33.8. The van der Waals surface area contributed by atoms with Crippen LogP contribution in [0.1, 0.15) is 0 Å². The number of benzene rings is 19. The number of hydrogen-bond donors (Lipinski definition) is 0. The van der Waals surface area contributed by atoms with Crippen molar-refractivity contribution in [2.24, 2.45) is 0 Å². The summed E-state index contributed by atoms with van der Waals surface area (Å²) in [4.78, 5) is 30.4. The van der Waals surface area contributed by atoms with Gasteiger partial charge in [0.15, 0.2) is 34.2 Å². The molecular formula is C126H74N10O4S. The lowest BCUT2D eigenvalue weighted by Gasteiger charge is -2.10. The van der Waals surface area contributed by atoms with Crippen molar-refractivity contribution in [3.8, 4) is 90.7 Å². The van der Waals surface area contributed by atoms with E-state index in [9.17, 15) is 0 Å². The summed E-state index contributed by atoms with van der Waals surface area (Å²) in [5.41, 5.74) is 30.8. The molecule has 658 valence electrons. The fraction of sp³-hybridized carbons (Fsp3) is 0. The highest BCUT2D eigenvalue weighted by atomic mass is 32.1. The van der Waals surface area contributed by atoms with Crippen molar-refractivity contribution in [2.45, 2.75) is 0 Å². The smallest absolute Gasteiger partial charge is 0.180 e. The van der Waals surface area contributed by atoms with E-state index >= 15 is 0 Å². The third-order valence-electron chi connectivity index (χ3n) is 27.8. The Labute approximate surface area is 806 Å². The lowest BCUT2D eigenvalue weighted by atomic mass is 10.1. The summed E-state index contributed by atoms with van der Waals surface area (Å²) in [7, 11) is 0. The standard InChI is InChI=1S/C46H28N4O.C40H23N3O2.C40H23N3OS/c1-3-13-29(14-4-1)43-45-44(35-19-9-12-22-42(35)51-45)48-46(47-43)30-23-25-32(26-24-30)50-39-21-11-8-18-34(39)37-27-40-36(28-41(37)50)33-17-7-10-20-38(33)49(40)31-15-5-2-6-16-31;1-2-10-24(11-3-1)37-39-38(29-14-6-9-17-35(29)45-39)42-40(41-37)25-18-20-26(21-19-25)43-32-15-7-4-12-27(32)30-23-36-31(22-33(30)43)28-13-5-8-16-34(28)44-36;1-2-10-24(11-3-1)37-39-38(29-14-5-8-16-34(29)44-39)42-40(41-37)25-18-20-26(21-19-25)43-32-15-7-4-12-27(32)30-23-36-31(22-33(30)43)28-13-6-9-17-35(28)45-36/h1-28H;2*1-23H. The van der Waals surface area contributed by atoms with Gasteiger partial charge in [-0.1, -0.05) is 255 Å². The summed E-state index contributed by atoms with van der Waals surface area (Å²) in [6, 6.07) is 157. The lowest BCUT2D eigenvalue weighted by Crippen LogP contribution is -1.96. The molecule has 0 aliphatic carbocycles. The number of rotatable bonds is 10. The Bertz CT molecular complexity index is 10100. The number of thiophene rings is 1. The SMILES string of the molecule is c1ccc(-c2nc(-c3ccc(-n4c5ccccc5c5cc6c(cc54)c4ccccc4n6-c4ccccc4)cc3)nc3c2oc2ccccc23)cc1.c1ccc(-c2nc(-c3ccc(-n4c5ccccc5c5cc6oc7ccccc7c6cc54)cc3)nc3c2oc2ccccc23)cc1.c1ccc(-c2nc(-c3ccc(-n4c5ccccc5c5cc6sc7ccccc7c6cc54)cc3)nc3c2oc2ccccc23)cc1. The minimum absolute atomic E-state index is 0.660. The molecule has 0 spiro atoms. The van der Waals surface area contributed by atoms with Gasteiger partial charge in [0.2, 0.25) is 0 Å². The second kappa shape index (κ2) is 31.8. The van der Waals surface area contributed by atoms with Gasteiger partial charge in [-0.3, -0.25) is 0 Å². The molecule has 12 heterocycles. The van der Waals surface area contributed by atoms with Gasteiger partial charge in [0.05, 0.1) is 44.1 Å². The van der Waals surface area contributed by atoms with Crippen LogP contribution >= 0.6 is 11.3 Å². The number of nitrogens with zero attached hydrogens (tertiary/aromatic N) is 10. The summed E-state index contributed by atoms with van der Waals surface area (Å²) in [5, 5.41) is 17.6. The van der Waals surface area contributed by atoms with Gasteiger partial charge in [0.1, 0.15) is 61.5 Å². The molecule has 0 radical (unpaired) electrons. The molecule has 0 fully saturated rings. The molecule has 0 N–H and O–H groups in total. The van der Waals surface area contributed by atoms with Crippen LogP contribution in [0.25, 0.3) is 286 Å². The van der Waals surface area contributed by atoms with Crippen molar-refractivity contribution in [2.75, 3.05) is 0 Å². The van der Waals surface area contributed by atoms with E-state index in [1.165, 1.54) is 85.5 Å². The van der Waals surface area contributed by atoms with Gasteiger partial charge < -0.3 is 35.9 Å². The summed E-state index contributed by atoms with van der Waals surface area (Å²) in [6.07, 6.45) is 0.